The minimum atomic E-state index is 0.926. The molecule has 0 unspecified atom stereocenters. The van der Waals surface area contributed by atoms with Crippen molar-refractivity contribution in [2.75, 3.05) is 7.05 Å². The number of rotatable bonds is 5. The van der Waals surface area contributed by atoms with Crippen molar-refractivity contribution in [2.45, 2.75) is 13.8 Å². The van der Waals surface area contributed by atoms with Crippen LogP contribution in [0, 0.1) is 0 Å². The first-order valence-electron chi connectivity index (χ1n) is 13.9. The van der Waals surface area contributed by atoms with Crippen LogP contribution < -0.4 is 0 Å². The van der Waals surface area contributed by atoms with Gasteiger partial charge in [-0.15, -0.1) is 0 Å². The molecular weight excluding hydrogens is 500 g/mol. The summed E-state index contributed by atoms with van der Waals surface area (Å²) >= 11 is 0. The van der Waals surface area contributed by atoms with Gasteiger partial charge in [0.25, 0.3) is 0 Å². The van der Waals surface area contributed by atoms with Gasteiger partial charge in [-0.3, -0.25) is 9.39 Å². The van der Waals surface area contributed by atoms with E-state index in [1.807, 2.05) is 32.3 Å². The number of benzene rings is 4. The molecule has 0 aliphatic carbocycles. The molecule has 7 rings (SSSR count). The van der Waals surface area contributed by atoms with Crippen molar-refractivity contribution < 1.29 is 0 Å². The van der Waals surface area contributed by atoms with Crippen LogP contribution in [-0.4, -0.2) is 27.2 Å². The summed E-state index contributed by atoms with van der Waals surface area (Å²) in [6.07, 6.45) is 10.0. The lowest BCUT2D eigenvalue weighted by Gasteiger charge is -2.13. The van der Waals surface area contributed by atoms with Crippen LogP contribution >= 0.6 is 0 Å². The molecule has 0 N–H and O–H groups in total. The zero-order valence-corrected chi connectivity index (χ0v) is 23.5. The molecule has 0 atom stereocenters. The molecule has 4 heteroatoms. The maximum atomic E-state index is 5.14. The summed E-state index contributed by atoms with van der Waals surface area (Å²) in [5, 5.41) is 6.00. The van der Waals surface area contributed by atoms with Gasteiger partial charge in [0, 0.05) is 45.9 Å². The molecule has 0 spiro atoms. The minimum Gasteiger partial charge on any atom is -0.309 e. The summed E-state index contributed by atoms with van der Waals surface area (Å²) in [6, 6.07) is 30.5. The van der Waals surface area contributed by atoms with Gasteiger partial charge in [-0.1, -0.05) is 67.3 Å². The summed E-state index contributed by atoms with van der Waals surface area (Å²) in [4.78, 5) is 9.41. The van der Waals surface area contributed by atoms with Crippen molar-refractivity contribution in [1.29, 1.82) is 0 Å². The van der Waals surface area contributed by atoms with Crippen LogP contribution in [0.3, 0.4) is 0 Å². The van der Waals surface area contributed by atoms with Gasteiger partial charge >= 0.3 is 0 Å². The van der Waals surface area contributed by atoms with Gasteiger partial charge in [0.2, 0.25) is 0 Å². The van der Waals surface area contributed by atoms with E-state index in [-0.39, 0.29) is 0 Å². The Kier molecular flexibility index (Phi) is 5.90. The van der Waals surface area contributed by atoms with E-state index in [4.69, 9.17) is 4.98 Å². The third-order valence-corrected chi connectivity index (χ3v) is 7.97. The Hall–Kier alpha value is -5.22. The van der Waals surface area contributed by atoms with Crippen molar-refractivity contribution >= 4 is 73.1 Å². The van der Waals surface area contributed by atoms with E-state index in [0.717, 1.165) is 44.8 Å². The average molecular weight is 531 g/mol. The van der Waals surface area contributed by atoms with Gasteiger partial charge in [0.15, 0.2) is 0 Å². The molecule has 4 nitrogen and oxygen atoms in total. The van der Waals surface area contributed by atoms with E-state index in [2.05, 4.69) is 125 Å². The summed E-state index contributed by atoms with van der Waals surface area (Å²) in [5.74, 6) is 0. The SMILES string of the molecule is C=Cc1c(/C=C\C)nc2c3ccc4c(c5ccccc5n4-c4cccc(/C(C=NC)=C/C)c4)c3c3ccccc3n12. The largest absolute Gasteiger partial charge is 0.309 e. The van der Waals surface area contributed by atoms with E-state index in [0.29, 0.717) is 0 Å². The number of hydrogen-bond acceptors (Lipinski definition) is 2. The van der Waals surface area contributed by atoms with Gasteiger partial charge in [-0.25, -0.2) is 4.98 Å². The second-order valence-electron chi connectivity index (χ2n) is 10.2. The molecule has 198 valence electrons. The monoisotopic (exact) mass is 530 g/mol. The van der Waals surface area contributed by atoms with Crippen LogP contribution in [0.4, 0.5) is 0 Å². The highest BCUT2D eigenvalue weighted by atomic mass is 15.0. The third-order valence-electron chi connectivity index (χ3n) is 7.97. The van der Waals surface area contributed by atoms with Crippen molar-refractivity contribution in [2.24, 2.45) is 4.99 Å². The molecule has 0 aliphatic rings. The van der Waals surface area contributed by atoms with Gasteiger partial charge < -0.3 is 4.57 Å². The second kappa shape index (κ2) is 9.76. The Labute approximate surface area is 238 Å². The zero-order valence-electron chi connectivity index (χ0n) is 23.5. The highest BCUT2D eigenvalue weighted by Gasteiger charge is 2.21. The Morgan fingerprint density at radius 3 is 2.29 bits per heavy atom. The van der Waals surface area contributed by atoms with Crippen LogP contribution in [0.1, 0.15) is 30.8 Å². The van der Waals surface area contributed by atoms with Crippen molar-refractivity contribution in [3.63, 3.8) is 0 Å². The first-order valence-corrected chi connectivity index (χ1v) is 13.9. The van der Waals surface area contributed by atoms with E-state index in [1.165, 1.54) is 32.6 Å². The molecule has 7 aromatic rings. The quantitative estimate of drug-likeness (QED) is 0.161. The Bertz CT molecular complexity index is 2250. The van der Waals surface area contributed by atoms with E-state index in [1.54, 1.807) is 0 Å². The fourth-order valence-corrected chi connectivity index (χ4v) is 6.32. The maximum Gasteiger partial charge on any atom is 0.146 e. The molecule has 0 bridgehead atoms. The highest BCUT2D eigenvalue weighted by Crippen LogP contribution is 2.42. The van der Waals surface area contributed by atoms with Gasteiger partial charge in [0.05, 0.1) is 27.9 Å². The summed E-state index contributed by atoms with van der Waals surface area (Å²) in [7, 11) is 1.81. The first-order chi connectivity index (χ1) is 20.2. The first kappa shape index (κ1) is 24.8. The molecule has 41 heavy (non-hydrogen) atoms. The number of pyridine rings is 1. The molecule has 0 saturated heterocycles. The molecular formula is C37H30N4. The van der Waals surface area contributed by atoms with Crippen molar-refractivity contribution in [3.8, 4) is 5.69 Å². The van der Waals surface area contributed by atoms with Crippen LogP contribution in [0.15, 0.2) is 109 Å². The van der Waals surface area contributed by atoms with E-state index >= 15 is 0 Å². The predicted molar refractivity (Wildman–Crippen MR) is 177 cm³/mol. The molecule has 3 aromatic heterocycles. The highest BCUT2D eigenvalue weighted by molar-refractivity contribution is 6.30. The lowest BCUT2D eigenvalue weighted by molar-refractivity contribution is 1.18. The smallest absolute Gasteiger partial charge is 0.146 e. The molecule has 0 amide bonds. The summed E-state index contributed by atoms with van der Waals surface area (Å²) < 4.78 is 4.64. The molecule has 0 fully saturated rings. The lowest BCUT2D eigenvalue weighted by atomic mass is 10.00. The van der Waals surface area contributed by atoms with Crippen molar-refractivity contribution in [3.05, 3.63) is 121 Å². The number of imidazole rings is 1. The fourth-order valence-electron chi connectivity index (χ4n) is 6.32. The number of aromatic nitrogens is 3. The standard InChI is InChI=1S/C37H30N4/c1-5-13-30-31(7-3)41-33-19-11-8-16-27(33)35-29(37(41)39-30)20-21-34-36(35)28-17-9-10-18-32(28)40(34)26-15-12-14-25(22-26)24(6-2)23-38-4/h5-23H,3H2,1-2,4H3/b13-5-,24-6+,38-23?. The molecule has 4 aromatic carbocycles. The van der Waals surface area contributed by atoms with E-state index < -0.39 is 0 Å². The number of hydrogen-bond donors (Lipinski definition) is 0. The van der Waals surface area contributed by atoms with Crippen LogP contribution in [-0.2, 0) is 0 Å². The Morgan fingerprint density at radius 1 is 0.805 bits per heavy atom. The van der Waals surface area contributed by atoms with E-state index in [9.17, 15) is 0 Å². The second-order valence-corrected chi connectivity index (χ2v) is 10.2. The summed E-state index contributed by atoms with van der Waals surface area (Å²) in [6.45, 7) is 8.21. The average Bonchev–Trinajstić information content (AvgIpc) is 3.56. The minimum absolute atomic E-state index is 0.926. The van der Waals surface area contributed by atoms with Crippen LogP contribution in [0.5, 0.6) is 0 Å². The Balaban J connectivity index is 1.67. The molecule has 0 saturated carbocycles. The lowest BCUT2D eigenvalue weighted by Crippen LogP contribution is -1.97. The topological polar surface area (TPSA) is 34.6 Å². The predicted octanol–water partition coefficient (Wildman–Crippen LogP) is 9.52. The molecule has 3 heterocycles. The number of allylic oxidation sites excluding steroid dienone is 3. The maximum absolute atomic E-state index is 5.14. The summed E-state index contributed by atoms with van der Waals surface area (Å²) in [5.41, 5.74) is 9.69. The number of para-hydroxylation sites is 2. The van der Waals surface area contributed by atoms with Gasteiger partial charge in [0.1, 0.15) is 5.65 Å². The van der Waals surface area contributed by atoms with Crippen LogP contribution in [0.25, 0.3) is 72.5 Å². The molecule has 0 radical (unpaired) electrons. The molecule has 0 aliphatic heterocycles. The number of fused-ring (bicyclic) bond motifs is 10. The van der Waals surface area contributed by atoms with Gasteiger partial charge in [-0.2, -0.15) is 0 Å². The normalized spacial score (nSPS) is 12.8. The number of aliphatic imine (C=N–C) groups is 1. The third kappa shape index (κ3) is 3.61. The van der Waals surface area contributed by atoms with Crippen LogP contribution in [0.2, 0.25) is 0 Å². The fraction of sp³-hybridized carbons (Fsp3) is 0.0811. The number of nitrogens with zero attached hydrogens (tertiary/aromatic N) is 4. The van der Waals surface area contributed by atoms with Crippen molar-refractivity contribution in [1.82, 2.24) is 14.0 Å². The van der Waals surface area contributed by atoms with Gasteiger partial charge in [-0.05, 0) is 73.5 Å². The zero-order chi connectivity index (χ0) is 28.1. The Morgan fingerprint density at radius 2 is 1.56 bits per heavy atom.